The zero-order valence-corrected chi connectivity index (χ0v) is 7.14. The Morgan fingerprint density at radius 1 is 1.46 bits per heavy atom. The molecule has 2 rings (SSSR count). The van der Waals surface area contributed by atoms with E-state index >= 15 is 0 Å². The van der Waals surface area contributed by atoms with Crippen LogP contribution in [0, 0.1) is 0 Å². The fourth-order valence-corrected chi connectivity index (χ4v) is 1.12. The van der Waals surface area contributed by atoms with Crippen molar-refractivity contribution in [1.82, 2.24) is 10.2 Å². The minimum absolute atomic E-state index is 0.126. The van der Waals surface area contributed by atoms with E-state index in [1.54, 1.807) is 6.07 Å². The first-order valence-electron chi connectivity index (χ1n) is 4.34. The number of hydrogen-bond donors (Lipinski definition) is 0. The number of carbonyl (C=O) groups excluding carboxylic acids is 1. The van der Waals surface area contributed by atoms with Crippen LogP contribution < -0.4 is 0 Å². The van der Waals surface area contributed by atoms with Gasteiger partial charge in [-0.25, -0.2) is 4.79 Å². The fourth-order valence-electron chi connectivity index (χ4n) is 1.12. The summed E-state index contributed by atoms with van der Waals surface area (Å²) in [4.78, 5) is 11.4. The molecule has 1 heterocycles. The molecule has 0 aromatic carbocycles. The lowest BCUT2D eigenvalue weighted by Gasteiger charge is -2.24. The molecular formula is C9H10N2O2. The van der Waals surface area contributed by atoms with E-state index < -0.39 is 0 Å². The molecule has 1 aromatic heterocycles. The average molecular weight is 178 g/mol. The second kappa shape index (κ2) is 3.51. The Hall–Kier alpha value is -1.45. The fraction of sp³-hybridized carbons (Fsp3) is 0.444. The Bertz CT molecular complexity index is 296. The summed E-state index contributed by atoms with van der Waals surface area (Å²) in [6, 6.07) is 1.61. The molecule has 0 N–H and O–H groups in total. The molecule has 0 unspecified atom stereocenters. The standard InChI is InChI=1S/C9H10N2O2/c12-9(13-8-2-1-3-8)7-4-5-10-11-6-7/h4-6,8H,1-3H2. The molecule has 1 saturated carbocycles. The van der Waals surface area contributed by atoms with Gasteiger partial charge in [0, 0.05) is 0 Å². The number of nitrogens with zero attached hydrogens (tertiary/aromatic N) is 2. The summed E-state index contributed by atoms with van der Waals surface area (Å²) in [6.07, 6.45) is 6.17. The van der Waals surface area contributed by atoms with Crippen molar-refractivity contribution in [1.29, 1.82) is 0 Å². The Kier molecular flexibility index (Phi) is 2.21. The topological polar surface area (TPSA) is 52.1 Å². The molecule has 68 valence electrons. The summed E-state index contributed by atoms with van der Waals surface area (Å²) in [5, 5.41) is 7.19. The van der Waals surface area contributed by atoms with Crippen LogP contribution in [0.3, 0.4) is 0 Å². The van der Waals surface area contributed by atoms with Crippen molar-refractivity contribution in [2.45, 2.75) is 25.4 Å². The summed E-state index contributed by atoms with van der Waals surface area (Å²) in [7, 11) is 0. The highest BCUT2D eigenvalue weighted by molar-refractivity contribution is 5.88. The third-order valence-electron chi connectivity index (χ3n) is 2.15. The number of ether oxygens (including phenoxy) is 1. The molecule has 1 aliphatic rings. The van der Waals surface area contributed by atoms with E-state index in [9.17, 15) is 4.79 Å². The monoisotopic (exact) mass is 178 g/mol. The van der Waals surface area contributed by atoms with Crippen molar-refractivity contribution in [3.8, 4) is 0 Å². The molecule has 0 atom stereocenters. The molecular weight excluding hydrogens is 168 g/mol. The van der Waals surface area contributed by atoms with Crippen molar-refractivity contribution < 1.29 is 9.53 Å². The van der Waals surface area contributed by atoms with E-state index in [0.717, 1.165) is 19.3 Å². The van der Waals surface area contributed by atoms with Gasteiger partial charge in [0.05, 0.1) is 18.0 Å². The van der Waals surface area contributed by atoms with Crippen LogP contribution in [0.15, 0.2) is 18.5 Å². The van der Waals surface area contributed by atoms with E-state index in [1.807, 2.05) is 0 Å². The van der Waals surface area contributed by atoms with E-state index in [1.165, 1.54) is 12.4 Å². The van der Waals surface area contributed by atoms with Gasteiger partial charge in [0.2, 0.25) is 0 Å². The number of carbonyl (C=O) groups is 1. The van der Waals surface area contributed by atoms with Crippen LogP contribution in [0.4, 0.5) is 0 Å². The van der Waals surface area contributed by atoms with Gasteiger partial charge in [-0.1, -0.05) is 0 Å². The summed E-state index contributed by atoms with van der Waals surface area (Å²) in [5.41, 5.74) is 0.474. The van der Waals surface area contributed by atoms with Crippen molar-refractivity contribution in [3.05, 3.63) is 24.0 Å². The molecule has 1 fully saturated rings. The SMILES string of the molecule is O=C(OC1CCC1)c1ccnnc1. The van der Waals surface area contributed by atoms with Gasteiger partial charge < -0.3 is 4.74 Å². The molecule has 0 bridgehead atoms. The molecule has 13 heavy (non-hydrogen) atoms. The number of rotatable bonds is 2. The van der Waals surface area contributed by atoms with Gasteiger partial charge in [-0.15, -0.1) is 0 Å². The molecule has 4 nitrogen and oxygen atoms in total. The molecule has 1 aromatic rings. The largest absolute Gasteiger partial charge is 0.459 e. The van der Waals surface area contributed by atoms with Crippen molar-refractivity contribution in [3.63, 3.8) is 0 Å². The van der Waals surface area contributed by atoms with Gasteiger partial charge in [-0.05, 0) is 25.3 Å². The second-order valence-electron chi connectivity index (χ2n) is 3.09. The lowest BCUT2D eigenvalue weighted by atomic mass is 9.96. The van der Waals surface area contributed by atoms with Crippen LogP contribution in [0.5, 0.6) is 0 Å². The highest BCUT2D eigenvalue weighted by Gasteiger charge is 2.22. The normalized spacial score (nSPS) is 16.3. The first-order chi connectivity index (χ1) is 6.36. The molecule has 1 aliphatic carbocycles. The highest BCUT2D eigenvalue weighted by atomic mass is 16.5. The van der Waals surface area contributed by atoms with Gasteiger partial charge in [-0.3, -0.25) is 0 Å². The predicted octanol–water partition coefficient (Wildman–Crippen LogP) is 1.19. The van der Waals surface area contributed by atoms with Gasteiger partial charge in [-0.2, -0.15) is 10.2 Å². The van der Waals surface area contributed by atoms with E-state index in [4.69, 9.17) is 4.74 Å². The summed E-state index contributed by atoms with van der Waals surface area (Å²) < 4.78 is 5.17. The number of hydrogen-bond acceptors (Lipinski definition) is 4. The zero-order chi connectivity index (χ0) is 9.10. The van der Waals surface area contributed by atoms with E-state index in [-0.39, 0.29) is 12.1 Å². The van der Waals surface area contributed by atoms with E-state index in [2.05, 4.69) is 10.2 Å². The molecule has 0 spiro atoms. The number of aromatic nitrogens is 2. The van der Waals surface area contributed by atoms with Crippen LogP contribution >= 0.6 is 0 Å². The maximum atomic E-state index is 11.4. The summed E-state index contributed by atoms with van der Waals surface area (Å²) in [6.45, 7) is 0. The Morgan fingerprint density at radius 3 is 2.85 bits per heavy atom. The quantitative estimate of drug-likeness (QED) is 0.638. The van der Waals surface area contributed by atoms with Gasteiger partial charge in [0.15, 0.2) is 0 Å². The van der Waals surface area contributed by atoms with Crippen LogP contribution in [0.25, 0.3) is 0 Å². The Labute approximate surface area is 75.9 Å². The molecule has 4 heteroatoms. The van der Waals surface area contributed by atoms with Crippen molar-refractivity contribution in [2.75, 3.05) is 0 Å². The highest BCUT2D eigenvalue weighted by Crippen LogP contribution is 2.22. The maximum absolute atomic E-state index is 11.4. The Morgan fingerprint density at radius 2 is 2.31 bits per heavy atom. The minimum atomic E-state index is -0.292. The van der Waals surface area contributed by atoms with Gasteiger partial charge in [0.1, 0.15) is 6.10 Å². The van der Waals surface area contributed by atoms with Crippen molar-refractivity contribution in [2.24, 2.45) is 0 Å². The second-order valence-corrected chi connectivity index (χ2v) is 3.09. The number of esters is 1. The van der Waals surface area contributed by atoms with Gasteiger partial charge >= 0.3 is 5.97 Å². The smallest absolute Gasteiger partial charge is 0.340 e. The van der Waals surface area contributed by atoms with E-state index in [0.29, 0.717) is 5.56 Å². The molecule has 0 saturated heterocycles. The Balaban J connectivity index is 1.97. The zero-order valence-electron chi connectivity index (χ0n) is 7.14. The minimum Gasteiger partial charge on any atom is -0.459 e. The average Bonchev–Trinajstić information content (AvgIpc) is 2.12. The van der Waals surface area contributed by atoms with Crippen LogP contribution in [-0.4, -0.2) is 22.3 Å². The van der Waals surface area contributed by atoms with Crippen LogP contribution in [0.2, 0.25) is 0 Å². The molecule has 0 aliphatic heterocycles. The first-order valence-corrected chi connectivity index (χ1v) is 4.34. The van der Waals surface area contributed by atoms with Crippen LogP contribution in [0.1, 0.15) is 29.6 Å². The predicted molar refractivity (Wildman–Crippen MR) is 45.1 cm³/mol. The third kappa shape index (κ3) is 1.83. The molecule has 0 radical (unpaired) electrons. The first kappa shape index (κ1) is 8.16. The van der Waals surface area contributed by atoms with Crippen LogP contribution in [-0.2, 0) is 4.74 Å². The summed E-state index contributed by atoms with van der Waals surface area (Å²) in [5.74, 6) is -0.292. The lowest BCUT2D eigenvalue weighted by molar-refractivity contribution is 0.00894. The lowest BCUT2D eigenvalue weighted by Crippen LogP contribution is -2.25. The van der Waals surface area contributed by atoms with Gasteiger partial charge in [0.25, 0.3) is 0 Å². The maximum Gasteiger partial charge on any atom is 0.340 e. The molecule has 0 amide bonds. The van der Waals surface area contributed by atoms with Crippen molar-refractivity contribution >= 4 is 5.97 Å². The third-order valence-corrected chi connectivity index (χ3v) is 2.15. The summed E-state index contributed by atoms with van der Waals surface area (Å²) >= 11 is 0.